The van der Waals surface area contributed by atoms with Crippen molar-refractivity contribution in [1.29, 1.82) is 0 Å². The summed E-state index contributed by atoms with van der Waals surface area (Å²) < 4.78 is 6.14. The number of hydrogen-bond donors (Lipinski definition) is 0. The SMILES string of the molecule is CC(C)c1ccc(C(C)C)c2c1oc1ccccc12. The highest BCUT2D eigenvalue weighted by Gasteiger charge is 2.17. The number of para-hydroxylation sites is 1. The van der Waals surface area contributed by atoms with Crippen LogP contribution in [-0.2, 0) is 0 Å². The first-order valence-corrected chi connectivity index (χ1v) is 7.03. The second kappa shape index (κ2) is 4.41. The van der Waals surface area contributed by atoms with Crippen molar-refractivity contribution in [3.8, 4) is 0 Å². The molecule has 19 heavy (non-hydrogen) atoms. The van der Waals surface area contributed by atoms with Crippen LogP contribution in [0.5, 0.6) is 0 Å². The van der Waals surface area contributed by atoms with E-state index < -0.39 is 0 Å². The van der Waals surface area contributed by atoms with Crippen LogP contribution in [0.1, 0.15) is 50.7 Å². The van der Waals surface area contributed by atoms with Crippen LogP contribution in [0.15, 0.2) is 40.8 Å². The Hall–Kier alpha value is -1.76. The molecule has 0 spiro atoms. The van der Waals surface area contributed by atoms with Gasteiger partial charge in [-0.25, -0.2) is 0 Å². The molecule has 0 radical (unpaired) electrons. The zero-order valence-electron chi connectivity index (χ0n) is 12.0. The van der Waals surface area contributed by atoms with Crippen LogP contribution in [0, 0.1) is 0 Å². The van der Waals surface area contributed by atoms with Crippen molar-refractivity contribution >= 4 is 21.9 Å². The number of rotatable bonds is 2. The van der Waals surface area contributed by atoms with Gasteiger partial charge in [0.25, 0.3) is 0 Å². The lowest BCUT2D eigenvalue weighted by Crippen LogP contribution is -1.93. The Bertz CT molecular complexity index is 732. The molecule has 98 valence electrons. The lowest BCUT2D eigenvalue weighted by Gasteiger charge is -2.11. The summed E-state index contributed by atoms with van der Waals surface area (Å²) in [5.41, 5.74) is 4.75. The summed E-state index contributed by atoms with van der Waals surface area (Å²) in [4.78, 5) is 0. The van der Waals surface area contributed by atoms with Gasteiger partial charge in [-0.1, -0.05) is 58.0 Å². The average molecular weight is 252 g/mol. The number of furan rings is 1. The molecule has 0 N–H and O–H groups in total. The molecule has 0 atom stereocenters. The molecule has 0 bridgehead atoms. The molecule has 0 saturated carbocycles. The van der Waals surface area contributed by atoms with Crippen molar-refractivity contribution in [3.63, 3.8) is 0 Å². The lowest BCUT2D eigenvalue weighted by molar-refractivity contribution is 0.656. The summed E-state index contributed by atoms with van der Waals surface area (Å²) in [7, 11) is 0. The van der Waals surface area contributed by atoms with E-state index in [-0.39, 0.29) is 0 Å². The quantitative estimate of drug-likeness (QED) is 0.559. The van der Waals surface area contributed by atoms with Crippen LogP contribution >= 0.6 is 0 Å². The first-order valence-electron chi connectivity index (χ1n) is 7.03. The van der Waals surface area contributed by atoms with Crippen LogP contribution in [0.2, 0.25) is 0 Å². The van der Waals surface area contributed by atoms with Crippen LogP contribution in [0.3, 0.4) is 0 Å². The van der Waals surface area contributed by atoms with Crippen molar-refractivity contribution in [2.45, 2.75) is 39.5 Å². The fourth-order valence-electron chi connectivity index (χ4n) is 2.81. The molecule has 1 heteroatoms. The summed E-state index contributed by atoms with van der Waals surface area (Å²) in [6, 6.07) is 12.8. The van der Waals surface area contributed by atoms with E-state index in [1.165, 1.54) is 21.9 Å². The van der Waals surface area contributed by atoms with Gasteiger partial charge < -0.3 is 4.42 Å². The Morgan fingerprint density at radius 1 is 0.789 bits per heavy atom. The fraction of sp³-hybridized carbons (Fsp3) is 0.333. The van der Waals surface area contributed by atoms with Crippen LogP contribution in [0.25, 0.3) is 21.9 Å². The van der Waals surface area contributed by atoms with E-state index in [9.17, 15) is 0 Å². The predicted molar refractivity (Wildman–Crippen MR) is 81.9 cm³/mol. The molecule has 3 rings (SSSR count). The van der Waals surface area contributed by atoms with Crippen molar-refractivity contribution in [2.75, 3.05) is 0 Å². The van der Waals surface area contributed by atoms with E-state index in [1.54, 1.807) is 0 Å². The topological polar surface area (TPSA) is 13.1 Å². The van der Waals surface area contributed by atoms with Gasteiger partial charge >= 0.3 is 0 Å². The van der Waals surface area contributed by atoms with E-state index >= 15 is 0 Å². The molecule has 1 aromatic heterocycles. The third-order valence-corrected chi connectivity index (χ3v) is 3.83. The monoisotopic (exact) mass is 252 g/mol. The smallest absolute Gasteiger partial charge is 0.139 e. The van der Waals surface area contributed by atoms with Crippen LogP contribution < -0.4 is 0 Å². The standard InChI is InChI=1S/C18H20O/c1-11(2)13-9-10-14(12(3)4)18-17(13)15-7-5-6-8-16(15)19-18/h5-12H,1-4H3. The molecule has 0 saturated heterocycles. The summed E-state index contributed by atoms with van der Waals surface area (Å²) in [5.74, 6) is 0.981. The maximum atomic E-state index is 6.14. The highest BCUT2D eigenvalue weighted by atomic mass is 16.3. The molecule has 0 aliphatic rings. The van der Waals surface area contributed by atoms with Crippen molar-refractivity contribution in [3.05, 3.63) is 47.5 Å². The van der Waals surface area contributed by atoms with Gasteiger partial charge in [0.15, 0.2) is 0 Å². The summed E-state index contributed by atoms with van der Waals surface area (Å²) in [5, 5.41) is 2.54. The first-order chi connectivity index (χ1) is 9.09. The fourth-order valence-corrected chi connectivity index (χ4v) is 2.81. The van der Waals surface area contributed by atoms with Crippen molar-refractivity contribution in [1.82, 2.24) is 0 Å². The molecule has 0 unspecified atom stereocenters. The van der Waals surface area contributed by atoms with E-state index in [0.29, 0.717) is 11.8 Å². The highest BCUT2D eigenvalue weighted by molar-refractivity contribution is 6.08. The van der Waals surface area contributed by atoms with Gasteiger partial charge in [-0.05, 0) is 29.0 Å². The third-order valence-electron chi connectivity index (χ3n) is 3.83. The van der Waals surface area contributed by atoms with Gasteiger partial charge in [-0.3, -0.25) is 0 Å². The Morgan fingerprint density at radius 3 is 2.11 bits per heavy atom. The molecule has 0 aliphatic carbocycles. The molecule has 0 fully saturated rings. The average Bonchev–Trinajstić information content (AvgIpc) is 2.76. The maximum absolute atomic E-state index is 6.14. The van der Waals surface area contributed by atoms with E-state index in [2.05, 4.69) is 58.0 Å². The van der Waals surface area contributed by atoms with Gasteiger partial charge in [0.05, 0.1) is 0 Å². The summed E-state index contributed by atoms with van der Waals surface area (Å²) in [6.45, 7) is 8.92. The normalized spacial score (nSPS) is 12.1. The maximum Gasteiger partial charge on any atom is 0.139 e. The molecule has 0 amide bonds. The summed E-state index contributed by atoms with van der Waals surface area (Å²) in [6.07, 6.45) is 0. The Morgan fingerprint density at radius 2 is 1.42 bits per heavy atom. The molecular formula is C18H20O. The lowest BCUT2D eigenvalue weighted by atomic mass is 9.92. The van der Waals surface area contributed by atoms with Gasteiger partial charge in [-0.15, -0.1) is 0 Å². The molecule has 3 aromatic rings. The minimum absolute atomic E-state index is 0.476. The van der Waals surface area contributed by atoms with Crippen LogP contribution in [-0.4, -0.2) is 0 Å². The molecule has 1 heterocycles. The van der Waals surface area contributed by atoms with Crippen molar-refractivity contribution < 1.29 is 4.42 Å². The van der Waals surface area contributed by atoms with E-state index in [0.717, 1.165) is 11.2 Å². The third kappa shape index (κ3) is 1.85. The van der Waals surface area contributed by atoms with Gasteiger partial charge in [-0.2, -0.15) is 0 Å². The largest absolute Gasteiger partial charge is 0.456 e. The zero-order valence-corrected chi connectivity index (χ0v) is 12.0. The molecule has 2 aromatic carbocycles. The first kappa shape index (κ1) is 12.3. The van der Waals surface area contributed by atoms with Gasteiger partial charge in [0.2, 0.25) is 0 Å². The zero-order chi connectivity index (χ0) is 13.6. The molecule has 0 aliphatic heterocycles. The van der Waals surface area contributed by atoms with Crippen LogP contribution in [0.4, 0.5) is 0 Å². The Labute approximate surface area is 114 Å². The second-order valence-corrected chi connectivity index (χ2v) is 5.86. The minimum atomic E-state index is 0.476. The number of hydrogen-bond acceptors (Lipinski definition) is 1. The Kier molecular flexibility index (Phi) is 2.85. The number of benzene rings is 2. The van der Waals surface area contributed by atoms with E-state index in [1.807, 2.05) is 6.07 Å². The Balaban J connectivity index is 2.50. The summed E-state index contributed by atoms with van der Waals surface area (Å²) >= 11 is 0. The molecule has 1 nitrogen and oxygen atoms in total. The minimum Gasteiger partial charge on any atom is -0.456 e. The second-order valence-electron chi connectivity index (χ2n) is 5.86. The predicted octanol–water partition coefficient (Wildman–Crippen LogP) is 5.83. The molecular weight excluding hydrogens is 232 g/mol. The van der Waals surface area contributed by atoms with Crippen molar-refractivity contribution in [2.24, 2.45) is 0 Å². The van der Waals surface area contributed by atoms with E-state index in [4.69, 9.17) is 4.42 Å². The highest BCUT2D eigenvalue weighted by Crippen LogP contribution is 2.38. The van der Waals surface area contributed by atoms with Gasteiger partial charge in [0.1, 0.15) is 11.2 Å². The van der Waals surface area contributed by atoms with Gasteiger partial charge in [0, 0.05) is 10.8 Å². The number of fused-ring (bicyclic) bond motifs is 3.